The van der Waals surface area contributed by atoms with Crippen LogP contribution in [0.2, 0.25) is 0 Å². The Morgan fingerprint density at radius 3 is 2.60 bits per heavy atom. The number of benzene rings is 2. The number of hydrogen-bond acceptors (Lipinski definition) is 5. The lowest BCUT2D eigenvalue weighted by Crippen LogP contribution is -2.43. The van der Waals surface area contributed by atoms with Crippen LogP contribution in [0.4, 0.5) is 4.79 Å². The van der Waals surface area contributed by atoms with Gasteiger partial charge in [-0.25, -0.2) is 4.79 Å². The van der Waals surface area contributed by atoms with Gasteiger partial charge >= 0.3 is 6.03 Å². The number of hydrogen-bond donors (Lipinski definition) is 2. The quantitative estimate of drug-likeness (QED) is 0.706. The van der Waals surface area contributed by atoms with E-state index in [0.717, 1.165) is 10.5 Å². The third-order valence-electron chi connectivity index (χ3n) is 5.27. The zero-order valence-electron chi connectivity index (χ0n) is 16.6. The van der Waals surface area contributed by atoms with Crippen LogP contribution in [-0.4, -0.2) is 49.0 Å². The van der Waals surface area contributed by atoms with Gasteiger partial charge in [0.05, 0.1) is 0 Å². The number of carbonyl (C=O) groups excluding carboxylic acids is 3. The number of ether oxygens (including phenoxy) is 2. The Labute approximate surface area is 174 Å². The molecule has 2 aliphatic heterocycles. The van der Waals surface area contributed by atoms with Crippen molar-refractivity contribution in [2.45, 2.75) is 18.9 Å². The van der Waals surface area contributed by atoms with Crippen LogP contribution < -0.4 is 20.1 Å². The molecule has 2 N–H and O–H groups in total. The van der Waals surface area contributed by atoms with Crippen LogP contribution in [0.5, 0.6) is 11.5 Å². The standard InChI is InChI=1S/C22H23N3O5/c1-22(16-7-8-17-18(13-16)30-12-11-29-17)20(27)25(21(28)24-22)14-19(26)23-10-9-15-5-3-2-4-6-15/h2-8,13H,9-12,14H2,1H3,(H,23,26)(H,24,28)/t22-/m1/s1. The molecule has 2 aliphatic rings. The number of nitrogens with zero attached hydrogens (tertiary/aromatic N) is 1. The van der Waals surface area contributed by atoms with Gasteiger partial charge in [0.25, 0.3) is 5.91 Å². The molecule has 2 aromatic rings. The number of amides is 4. The smallest absolute Gasteiger partial charge is 0.325 e. The zero-order chi connectivity index (χ0) is 21.1. The largest absolute Gasteiger partial charge is 0.486 e. The number of nitrogens with one attached hydrogen (secondary N) is 2. The molecule has 0 bridgehead atoms. The Morgan fingerprint density at radius 2 is 1.83 bits per heavy atom. The second-order valence-corrected chi connectivity index (χ2v) is 7.39. The molecule has 0 aliphatic carbocycles. The Balaban J connectivity index is 1.40. The highest BCUT2D eigenvalue weighted by Gasteiger charge is 2.49. The lowest BCUT2D eigenvalue weighted by atomic mass is 9.91. The monoisotopic (exact) mass is 409 g/mol. The van der Waals surface area contributed by atoms with E-state index in [1.807, 2.05) is 30.3 Å². The van der Waals surface area contributed by atoms with Crippen LogP contribution in [-0.2, 0) is 21.5 Å². The Kier molecular flexibility index (Phi) is 5.31. The summed E-state index contributed by atoms with van der Waals surface area (Å²) in [5.74, 6) is 0.252. The SMILES string of the molecule is C[C@]1(c2ccc3c(c2)OCCO3)NC(=O)N(CC(=O)NCCc2ccccc2)C1=O. The molecule has 8 nitrogen and oxygen atoms in total. The molecule has 0 spiro atoms. The molecule has 8 heteroatoms. The summed E-state index contributed by atoms with van der Waals surface area (Å²) in [6.07, 6.45) is 0.668. The first kappa shape index (κ1) is 19.8. The fourth-order valence-electron chi connectivity index (χ4n) is 3.58. The first-order chi connectivity index (χ1) is 14.5. The van der Waals surface area contributed by atoms with Crippen molar-refractivity contribution in [3.8, 4) is 11.5 Å². The van der Waals surface area contributed by atoms with Gasteiger partial charge < -0.3 is 20.1 Å². The van der Waals surface area contributed by atoms with E-state index < -0.39 is 17.5 Å². The number of urea groups is 1. The van der Waals surface area contributed by atoms with Crippen LogP contribution >= 0.6 is 0 Å². The summed E-state index contributed by atoms with van der Waals surface area (Å²) >= 11 is 0. The molecule has 0 saturated carbocycles. The molecule has 2 heterocycles. The average Bonchev–Trinajstić information content (AvgIpc) is 2.98. The highest BCUT2D eigenvalue weighted by Crippen LogP contribution is 2.36. The average molecular weight is 409 g/mol. The molecule has 30 heavy (non-hydrogen) atoms. The highest BCUT2D eigenvalue weighted by molar-refractivity contribution is 6.09. The van der Waals surface area contributed by atoms with Gasteiger partial charge in [0.1, 0.15) is 25.3 Å². The topological polar surface area (TPSA) is 97.0 Å². The lowest BCUT2D eigenvalue weighted by Gasteiger charge is -2.25. The maximum atomic E-state index is 13.0. The predicted molar refractivity (Wildman–Crippen MR) is 108 cm³/mol. The van der Waals surface area contributed by atoms with Gasteiger partial charge in [-0.15, -0.1) is 0 Å². The van der Waals surface area contributed by atoms with Crippen LogP contribution in [0.25, 0.3) is 0 Å². The van der Waals surface area contributed by atoms with Gasteiger partial charge in [0.2, 0.25) is 5.91 Å². The first-order valence-electron chi connectivity index (χ1n) is 9.82. The van der Waals surface area contributed by atoms with Gasteiger partial charge in [0, 0.05) is 6.54 Å². The second kappa shape index (κ2) is 8.06. The summed E-state index contributed by atoms with van der Waals surface area (Å²) in [5, 5.41) is 5.46. The van der Waals surface area contributed by atoms with Crippen molar-refractivity contribution in [2.24, 2.45) is 0 Å². The lowest BCUT2D eigenvalue weighted by molar-refractivity contribution is -0.134. The maximum Gasteiger partial charge on any atom is 0.325 e. The van der Waals surface area contributed by atoms with Crippen molar-refractivity contribution in [1.29, 1.82) is 0 Å². The fraction of sp³-hybridized carbons (Fsp3) is 0.318. The van der Waals surface area contributed by atoms with Crippen molar-refractivity contribution in [3.63, 3.8) is 0 Å². The molecule has 0 aromatic heterocycles. The maximum absolute atomic E-state index is 13.0. The summed E-state index contributed by atoms with van der Waals surface area (Å²) in [6.45, 7) is 2.59. The number of imide groups is 1. The van der Waals surface area contributed by atoms with Gasteiger partial charge in [-0.1, -0.05) is 36.4 Å². The summed E-state index contributed by atoms with van der Waals surface area (Å²) < 4.78 is 11.1. The summed E-state index contributed by atoms with van der Waals surface area (Å²) in [7, 11) is 0. The van der Waals surface area contributed by atoms with Crippen LogP contribution in [0, 0.1) is 0 Å². The molecule has 1 fully saturated rings. The van der Waals surface area contributed by atoms with Crippen molar-refractivity contribution in [3.05, 3.63) is 59.7 Å². The molecule has 1 atom stereocenters. The Morgan fingerprint density at radius 1 is 1.10 bits per heavy atom. The summed E-state index contributed by atoms with van der Waals surface area (Å²) in [4.78, 5) is 38.7. The van der Waals surface area contributed by atoms with E-state index in [1.54, 1.807) is 25.1 Å². The molecule has 4 rings (SSSR count). The third-order valence-corrected chi connectivity index (χ3v) is 5.27. The van der Waals surface area contributed by atoms with Crippen LogP contribution in [0.1, 0.15) is 18.1 Å². The summed E-state index contributed by atoms with van der Waals surface area (Å²) in [6, 6.07) is 14.3. The molecular weight excluding hydrogens is 386 g/mol. The fourth-order valence-corrected chi connectivity index (χ4v) is 3.58. The van der Waals surface area contributed by atoms with E-state index in [1.165, 1.54) is 0 Å². The minimum absolute atomic E-state index is 0.334. The molecule has 2 aromatic carbocycles. The minimum Gasteiger partial charge on any atom is -0.486 e. The van der Waals surface area contributed by atoms with Gasteiger partial charge in [0.15, 0.2) is 11.5 Å². The van der Waals surface area contributed by atoms with Crippen molar-refractivity contribution < 1.29 is 23.9 Å². The summed E-state index contributed by atoms with van der Waals surface area (Å²) in [5.41, 5.74) is 0.383. The van der Waals surface area contributed by atoms with Gasteiger partial charge in [-0.05, 0) is 36.6 Å². The molecule has 4 amide bonds. The van der Waals surface area contributed by atoms with Crippen molar-refractivity contribution in [2.75, 3.05) is 26.3 Å². The molecular formula is C22H23N3O5. The molecule has 0 radical (unpaired) electrons. The van der Waals surface area contributed by atoms with E-state index in [-0.39, 0.29) is 12.5 Å². The van der Waals surface area contributed by atoms with Gasteiger partial charge in [-0.3, -0.25) is 14.5 Å². The Hall–Kier alpha value is -3.55. The third kappa shape index (κ3) is 3.80. The highest BCUT2D eigenvalue weighted by atomic mass is 16.6. The van der Waals surface area contributed by atoms with Crippen LogP contribution in [0.15, 0.2) is 48.5 Å². The first-order valence-corrected chi connectivity index (χ1v) is 9.82. The normalized spacial score (nSPS) is 20.1. The van der Waals surface area contributed by atoms with E-state index in [9.17, 15) is 14.4 Å². The number of carbonyl (C=O) groups is 3. The molecule has 156 valence electrons. The van der Waals surface area contributed by atoms with E-state index in [0.29, 0.717) is 43.2 Å². The number of fused-ring (bicyclic) bond motifs is 1. The predicted octanol–water partition coefficient (Wildman–Crippen LogP) is 1.58. The van der Waals surface area contributed by atoms with Crippen molar-refractivity contribution in [1.82, 2.24) is 15.5 Å². The van der Waals surface area contributed by atoms with E-state index in [2.05, 4.69) is 10.6 Å². The molecule has 0 unspecified atom stereocenters. The van der Waals surface area contributed by atoms with Crippen molar-refractivity contribution >= 4 is 17.8 Å². The minimum atomic E-state index is -1.28. The molecule has 1 saturated heterocycles. The van der Waals surface area contributed by atoms with Crippen LogP contribution in [0.3, 0.4) is 0 Å². The van der Waals surface area contributed by atoms with E-state index >= 15 is 0 Å². The van der Waals surface area contributed by atoms with E-state index in [4.69, 9.17) is 9.47 Å². The van der Waals surface area contributed by atoms with Gasteiger partial charge in [-0.2, -0.15) is 0 Å². The number of rotatable bonds is 6. The second-order valence-electron chi connectivity index (χ2n) is 7.39. The Bertz CT molecular complexity index is 978. The zero-order valence-corrected chi connectivity index (χ0v) is 16.6.